The fraction of sp³-hybridized carbons (Fsp3) is 0.286. The van der Waals surface area contributed by atoms with Gasteiger partial charge in [-0.2, -0.15) is 0 Å². The van der Waals surface area contributed by atoms with Gasteiger partial charge in [-0.3, -0.25) is 4.79 Å². The lowest BCUT2D eigenvalue weighted by Crippen LogP contribution is -2.25. The average molecular weight is 246 g/mol. The molecule has 0 N–H and O–H groups in total. The van der Waals surface area contributed by atoms with Crippen LogP contribution in [0.2, 0.25) is 0 Å². The predicted octanol–water partition coefficient (Wildman–Crippen LogP) is 2.38. The first-order valence-electron chi connectivity index (χ1n) is 5.68. The molecule has 18 heavy (non-hydrogen) atoms. The monoisotopic (exact) mass is 246 g/mol. The summed E-state index contributed by atoms with van der Waals surface area (Å²) >= 11 is 0. The third-order valence-electron chi connectivity index (χ3n) is 2.71. The van der Waals surface area contributed by atoms with E-state index in [1.807, 2.05) is 0 Å². The summed E-state index contributed by atoms with van der Waals surface area (Å²) < 4.78 is 10.5. The number of rotatable bonds is 2. The summed E-state index contributed by atoms with van der Waals surface area (Å²) in [6, 6.07) is 4.78. The molecule has 1 atom stereocenters. The number of fused-ring (bicyclic) bond motifs is 1. The van der Waals surface area contributed by atoms with Crippen molar-refractivity contribution >= 4 is 11.8 Å². The number of benzene rings is 1. The van der Waals surface area contributed by atoms with E-state index >= 15 is 0 Å². The van der Waals surface area contributed by atoms with E-state index in [2.05, 4.69) is 6.58 Å². The van der Waals surface area contributed by atoms with Crippen LogP contribution in [0.1, 0.15) is 24.2 Å². The molecule has 0 amide bonds. The molecule has 1 heterocycles. The van der Waals surface area contributed by atoms with Crippen LogP contribution in [-0.4, -0.2) is 18.4 Å². The Morgan fingerprint density at radius 3 is 2.89 bits per heavy atom. The Bertz CT molecular complexity index is 531. The minimum absolute atomic E-state index is 0.00414. The van der Waals surface area contributed by atoms with Crippen LogP contribution in [0, 0.1) is 5.92 Å². The number of ketones is 1. The summed E-state index contributed by atoms with van der Waals surface area (Å²) in [5.41, 5.74) is 0.768. The summed E-state index contributed by atoms with van der Waals surface area (Å²) in [5, 5.41) is 0. The Hall–Kier alpha value is -2.10. The Morgan fingerprint density at radius 1 is 1.50 bits per heavy atom. The minimum atomic E-state index is -0.507. The second-order valence-electron chi connectivity index (χ2n) is 4.40. The number of esters is 1. The van der Waals surface area contributed by atoms with Crippen molar-refractivity contribution in [2.75, 3.05) is 6.61 Å². The zero-order valence-corrected chi connectivity index (χ0v) is 10.4. The van der Waals surface area contributed by atoms with Crippen LogP contribution in [0.15, 0.2) is 30.4 Å². The maximum Gasteiger partial charge on any atom is 0.338 e. The zero-order chi connectivity index (χ0) is 13.3. The van der Waals surface area contributed by atoms with E-state index in [4.69, 9.17) is 9.47 Å². The number of carbonyl (C=O) groups excluding carboxylic acids is 2. The van der Waals surface area contributed by atoms with Gasteiger partial charge in [0, 0.05) is 5.57 Å². The lowest BCUT2D eigenvalue weighted by molar-refractivity contribution is -0.130. The molecule has 1 aliphatic rings. The van der Waals surface area contributed by atoms with Gasteiger partial charge >= 0.3 is 5.97 Å². The van der Waals surface area contributed by atoms with E-state index in [0.29, 0.717) is 29.2 Å². The summed E-state index contributed by atoms with van der Waals surface area (Å²) in [5.74, 6) is 0.183. The van der Waals surface area contributed by atoms with E-state index in [0.717, 1.165) is 0 Å². The minimum Gasteiger partial charge on any atom is -0.492 e. The number of carbonyl (C=O) groups is 2. The molecule has 0 saturated carbocycles. The molecule has 0 aliphatic carbocycles. The highest BCUT2D eigenvalue weighted by Gasteiger charge is 2.26. The number of Topliss-reactive ketones (excluding diaryl/α,β-unsaturated/α-hetero) is 1. The molecule has 1 aromatic carbocycles. The summed E-state index contributed by atoms with van der Waals surface area (Å²) in [7, 11) is 0. The van der Waals surface area contributed by atoms with Crippen LogP contribution >= 0.6 is 0 Å². The summed E-state index contributed by atoms with van der Waals surface area (Å²) in [6.07, 6.45) is 0. The van der Waals surface area contributed by atoms with Crippen LogP contribution in [0.3, 0.4) is 0 Å². The smallest absolute Gasteiger partial charge is 0.338 e. The van der Waals surface area contributed by atoms with Gasteiger partial charge in [-0.05, 0) is 25.1 Å². The van der Waals surface area contributed by atoms with Crippen LogP contribution in [-0.2, 0) is 4.79 Å². The summed E-state index contributed by atoms with van der Waals surface area (Å²) in [6.45, 7) is 7.26. The van der Waals surface area contributed by atoms with Crippen molar-refractivity contribution in [1.29, 1.82) is 0 Å². The lowest BCUT2D eigenvalue weighted by Gasteiger charge is -2.21. The highest BCUT2D eigenvalue weighted by atomic mass is 16.5. The molecule has 0 radical (unpaired) electrons. The first-order valence-corrected chi connectivity index (χ1v) is 5.68. The van der Waals surface area contributed by atoms with Crippen LogP contribution in [0.25, 0.3) is 0 Å². The molecule has 0 bridgehead atoms. The van der Waals surface area contributed by atoms with Gasteiger partial charge in [0.25, 0.3) is 0 Å². The van der Waals surface area contributed by atoms with Crippen molar-refractivity contribution in [3.8, 4) is 11.5 Å². The maximum atomic E-state index is 12.0. The van der Waals surface area contributed by atoms with Gasteiger partial charge in [0.05, 0.1) is 18.1 Å². The molecule has 0 fully saturated rings. The predicted molar refractivity (Wildman–Crippen MR) is 65.9 cm³/mol. The molecule has 4 nitrogen and oxygen atoms in total. The normalized spacial score (nSPS) is 17.7. The van der Waals surface area contributed by atoms with Gasteiger partial charge in [0.2, 0.25) is 0 Å². The molecule has 1 aliphatic heterocycles. The van der Waals surface area contributed by atoms with Crippen molar-refractivity contribution in [2.45, 2.75) is 13.8 Å². The molecule has 94 valence electrons. The molecular weight excluding hydrogens is 232 g/mol. The van der Waals surface area contributed by atoms with E-state index in [1.165, 1.54) is 6.07 Å². The van der Waals surface area contributed by atoms with Gasteiger partial charge in [0.1, 0.15) is 11.5 Å². The molecule has 0 spiro atoms. The Morgan fingerprint density at radius 2 is 2.22 bits per heavy atom. The van der Waals surface area contributed by atoms with Crippen LogP contribution in [0.4, 0.5) is 0 Å². The maximum absolute atomic E-state index is 12.0. The molecular formula is C14H14O4. The third-order valence-corrected chi connectivity index (χ3v) is 2.71. The van der Waals surface area contributed by atoms with Gasteiger partial charge in [-0.25, -0.2) is 4.79 Å². The van der Waals surface area contributed by atoms with Crippen LogP contribution < -0.4 is 9.47 Å². The Labute approximate surface area is 105 Å². The number of ether oxygens (including phenoxy) is 2. The van der Waals surface area contributed by atoms with Crippen molar-refractivity contribution in [3.05, 3.63) is 35.9 Å². The van der Waals surface area contributed by atoms with Gasteiger partial charge in [-0.1, -0.05) is 13.5 Å². The average Bonchev–Trinajstić information content (AvgIpc) is 2.34. The highest BCUT2D eigenvalue weighted by Crippen LogP contribution is 2.30. The molecule has 1 unspecified atom stereocenters. The molecule has 0 saturated heterocycles. The second kappa shape index (κ2) is 4.64. The Kier molecular flexibility index (Phi) is 3.19. The van der Waals surface area contributed by atoms with Crippen molar-refractivity contribution < 1.29 is 19.1 Å². The fourth-order valence-corrected chi connectivity index (χ4v) is 1.64. The third kappa shape index (κ3) is 2.27. The van der Waals surface area contributed by atoms with Crippen molar-refractivity contribution in [3.63, 3.8) is 0 Å². The quantitative estimate of drug-likeness (QED) is 0.456. The standard InChI is InChI=1S/C14H14O4/c1-8(2)14(16)18-10-4-5-12-11(6-10)13(15)9(3)7-17-12/h4-6,9H,1,7H2,2-3H3. The zero-order valence-electron chi connectivity index (χ0n) is 10.4. The Balaban J connectivity index is 2.29. The van der Waals surface area contributed by atoms with Gasteiger partial charge in [0.15, 0.2) is 5.78 Å². The lowest BCUT2D eigenvalue weighted by atomic mass is 9.96. The molecule has 0 aromatic heterocycles. The fourth-order valence-electron chi connectivity index (χ4n) is 1.64. The molecule has 4 heteroatoms. The van der Waals surface area contributed by atoms with E-state index in [1.54, 1.807) is 26.0 Å². The largest absolute Gasteiger partial charge is 0.492 e. The van der Waals surface area contributed by atoms with Gasteiger partial charge in [-0.15, -0.1) is 0 Å². The topological polar surface area (TPSA) is 52.6 Å². The number of hydrogen-bond donors (Lipinski definition) is 0. The molecule has 2 rings (SSSR count). The van der Waals surface area contributed by atoms with E-state index in [-0.39, 0.29) is 11.7 Å². The van der Waals surface area contributed by atoms with Crippen molar-refractivity contribution in [1.82, 2.24) is 0 Å². The molecule has 1 aromatic rings. The first-order chi connectivity index (χ1) is 8.49. The SMILES string of the molecule is C=C(C)C(=O)Oc1ccc2c(c1)C(=O)C(C)CO2. The summed E-state index contributed by atoms with van der Waals surface area (Å²) in [4.78, 5) is 23.3. The van der Waals surface area contributed by atoms with Crippen molar-refractivity contribution in [2.24, 2.45) is 5.92 Å². The van der Waals surface area contributed by atoms with Gasteiger partial charge < -0.3 is 9.47 Å². The van der Waals surface area contributed by atoms with E-state index < -0.39 is 5.97 Å². The number of hydrogen-bond acceptors (Lipinski definition) is 4. The van der Waals surface area contributed by atoms with Crippen LogP contribution in [0.5, 0.6) is 11.5 Å². The highest BCUT2D eigenvalue weighted by molar-refractivity contribution is 6.01. The van der Waals surface area contributed by atoms with E-state index in [9.17, 15) is 9.59 Å². The first kappa shape index (κ1) is 12.4. The second-order valence-corrected chi connectivity index (χ2v) is 4.40.